The predicted molar refractivity (Wildman–Crippen MR) is 101 cm³/mol. The number of carbonyl (C=O) groups excluding carboxylic acids is 3. The van der Waals surface area contributed by atoms with E-state index in [1.807, 2.05) is 0 Å². The van der Waals surface area contributed by atoms with E-state index in [0.29, 0.717) is 16.4 Å². The first-order chi connectivity index (χ1) is 12.9. The van der Waals surface area contributed by atoms with Crippen LogP contribution in [-0.4, -0.2) is 24.4 Å². The molecule has 0 saturated carbocycles. The van der Waals surface area contributed by atoms with Crippen molar-refractivity contribution in [2.45, 2.75) is 6.42 Å². The van der Waals surface area contributed by atoms with Gasteiger partial charge < -0.3 is 15.4 Å². The van der Waals surface area contributed by atoms with Crippen LogP contribution in [0.2, 0.25) is 10.0 Å². The molecule has 0 aliphatic heterocycles. The van der Waals surface area contributed by atoms with E-state index in [9.17, 15) is 14.4 Å². The van der Waals surface area contributed by atoms with E-state index in [1.54, 1.807) is 12.1 Å². The van der Waals surface area contributed by atoms with Crippen LogP contribution in [0.5, 0.6) is 0 Å². The van der Waals surface area contributed by atoms with Gasteiger partial charge >= 0.3 is 5.97 Å². The monoisotopic (exact) mass is 405 g/mol. The van der Waals surface area contributed by atoms with Crippen LogP contribution in [0.15, 0.2) is 42.5 Å². The Labute approximate surface area is 164 Å². The molecule has 2 aromatic carbocycles. The lowest BCUT2D eigenvalue weighted by Gasteiger charge is -2.09. The zero-order valence-electron chi connectivity index (χ0n) is 13.8. The van der Waals surface area contributed by atoms with Gasteiger partial charge in [-0.3, -0.25) is 9.59 Å². The minimum Gasteiger partial charge on any atom is -0.452 e. The first-order valence-corrected chi connectivity index (χ1v) is 8.33. The Morgan fingerprint density at radius 2 is 1.70 bits per heavy atom. The van der Waals surface area contributed by atoms with Crippen molar-refractivity contribution in [1.82, 2.24) is 0 Å². The van der Waals surface area contributed by atoms with Crippen molar-refractivity contribution in [3.63, 3.8) is 0 Å². The summed E-state index contributed by atoms with van der Waals surface area (Å²) in [6.45, 7) is -0.502. The standard InChI is InChI=1S/C18H13Cl2N3O4/c19-12-3-6-15(14(20)9-12)23-17(25)10-27-18(26)11-1-4-13(5-2-11)22-16(24)7-8-21/h1-6,9H,7,10H2,(H,22,24)(H,23,25). The van der Waals surface area contributed by atoms with Gasteiger partial charge in [-0.1, -0.05) is 23.2 Å². The van der Waals surface area contributed by atoms with Gasteiger partial charge in [-0.25, -0.2) is 4.79 Å². The normalized spacial score (nSPS) is 9.81. The van der Waals surface area contributed by atoms with Crippen LogP contribution in [0.3, 0.4) is 0 Å². The molecule has 0 heterocycles. The molecule has 9 heteroatoms. The lowest BCUT2D eigenvalue weighted by molar-refractivity contribution is -0.119. The number of carbonyl (C=O) groups is 3. The SMILES string of the molecule is N#CCC(=O)Nc1ccc(C(=O)OCC(=O)Nc2ccc(Cl)cc2Cl)cc1. The summed E-state index contributed by atoms with van der Waals surface area (Å²) >= 11 is 11.7. The van der Waals surface area contributed by atoms with Crippen molar-refractivity contribution in [2.24, 2.45) is 0 Å². The summed E-state index contributed by atoms with van der Waals surface area (Å²) in [5.74, 6) is -1.72. The highest BCUT2D eigenvalue weighted by Gasteiger charge is 2.12. The average molecular weight is 406 g/mol. The van der Waals surface area contributed by atoms with E-state index in [2.05, 4.69) is 10.6 Å². The Morgan fingerprint density at radius 3 is 2.33 bits per heavy atom. The third-order valence-electron chi connectivity index (χ3n) is 3.18. The molecule has 138 valence electrons. The summed E-state index contributed by atoms with van der Waals surface area (Å²) in [5.41, 5.74) is 0.979. The second-order valence-corrected chi connectivity index (χ2v) is 6.05. The Balaban J connectivity index is 1.86. The molecule has 0 unspecified atom stereocenters. The summed E-state index contributed by atoms with van der Waals surface area (Å²) in [4.78, 5) is 35.2. The number of nitriles is 1. The zero-order valence-corrected chi connectivity index (χ0v) is 15.3. The highest BCUT2D eigenvalue weighted by atomic mass is 35.5. The highest BCUT2D eigenvalue weighted by molar-refractivity contribution is 6.36. The number of nitrogens with zero attached hydrogens (tertiary/aromatic N) is 1. The van der Waals surface area contributed by atoms with Crippen LogP contribution in [0, 0.1) is 11.3 Å². The quantitative estimate of drug-likeness (QED) is 0.712. The molecule has 0 fully saturated rings. The number of esters is 1. The Morgan fingerprint density at radius 1 is 1.00 bits per heavy atom. The van der Waals surface area contributed by atoms with Gasteiger partial charge in [0.1, 0.15) is 6.42 Å². The lowest BCUT2D eigenvalue weighted by Crippen LogP contribution is -2.21. The minimum atomic E-state index is -0.706. The number of benzene rings is 2. The van der Waals surface area contributed by atoms with Crippen LogP contribution in [0.1, 0.15) is 16.8 Å². The molecular weight excluding hydrogens is 393 g/mol. The molecular formula is C18H13Cl2N3O4. The van der Waals surface area contributed by atoms with Gasteiger partial charge in [-0.15, -0.1) is 0 Å². The number of anilines is 2. The first kappa shape index (κ1) is 20.2. The smallest absolute Gasteiger partial charge is 0.338 e. The van der Waals surface area contributed by atoms with E-state index in [1.165, 1.54) is 36.4 Å². The number of amides is 2. The minimum absolute atomic E-state index is 0.200. The molecule has 7 nitrogen and oxygen atoms in total. The molecule has 0 radical (unpaired) electrons. The van der Waals surface area contributed by atoms with Gasteiger partial charge in [-0.2, -0.15) is 5.26 Å². The van der Waals surface area contributed by atoms with Crippen molar-refractivity contribution in [1.29, 1.82) is 5.26 Å². The van der Waals surface area contributed by atoms with Gasteiger partial charge in [0.05, 0.1) is 22.3 Å². The van der Waals surface area contributed by atoms with Crippen LogP contribution in [0.4, 0.5) is 11.4 Å². The molecule has 0 spiro atoms. The number of ether oxygens (including phenoxy) is 1. The Kier molecular flexibility index (Phi) is 7.17. The van der Waals surface area contributed by atoms with Crippen molar-refractivity contribution in [2.75, 3.05) is 17.2 Å². The maximum Gasteiger partial charge on any atom is 0.338 e. The van der Waals surface area contributed by atoms with Gasteiger partial charge in [0, 0.05) is 10.7 Å². The summed E-state index contributed by atoms with van der Waals surface area (Å²) in [5, 5.41) is 14.1. The molecule has 2 rings (SSSR count). The van der Waals surface area contributed by atoms with E-state index in [4.69, 9.17) is 33.2 Å². The largest absolute Gasteiger partial charge is 0.452 e. The first-order valence-electron chi connectivity index (χ1n) is 7.58. The molecule has 0 aromatic heterocycles. The van der Waals surface area contributed by atoms with Crippen molar-refractivity contribution < 1.29 is 19.1 Å². The van der Waals surface area contributed by atoms with Crippen molar-refractivity contribution in [3.8, 4) is 6.07 Å². The molecule has 0 aliphatic rings. The molecule has 2 N–H and O–H groups in total. The third-order valence-corrected chi connectivity index (χ3v) is 3.73. The van der Waals surface area contributed by atoms with Crippen LogP contribution in [0.25, 0.3) is 0 Å². The fraction of sp³-hybridized carbons (Fsp3) is 0.111. The summed E-state index contributed by atoms with van der Waals surface area (Å²) in [6.07, 6.45) is -0.267. The molecule has 2 aromatic rings. The van der Waals surface area contributed by atoms with Crippen LogP contribution in [-0.2, 0) is 14.3 Å². The zero-order chi connectivity index (χ0) is 19.8. The maximum atomic E-state index is 12.0. The second kappa shape index (κ2) is 9.57. The maximum absolute atomic E-state index is 12.0. The Bertz CT molecular complexity index is 908. The summed E-state index contributed by atoms with van der Waals surface area (Å²) < 4.78 is 4.93. The molecule has 0 bridgehead atoms. The molecule has 0 atom stereocenters. The van der Waals surface area contributed by atoms with Gasteiger partial charge in [0.15, 0.2) is 6.61 Å². The highest BCUT2D eigenvalue weighted by Crippen LogP contribution is 2.25. The predicted octanol–water partition coefficient (Wildman–Crippen LogP) is 3.64. The molecule has 27 heavy (non-hydrogen) atoms. The topological polar surface area (TPSA) is 108 Å². The summed E-state index contributed by atoms with van der Waals surface area (Å²) in [7, 11) is 0. The van der Waals surface area contributed by atoms with E-state index in [0.717, 1.165) is 0 Å². The van der Waals surface area contributed by atoms with E-state index in [-0.39, 0.29) is 17.0 Å². The third kappa shape index (κ3) is 6.29. The second-order valence-electron chi connectivity index (χ2n) is 5.21. The fourth-order valence-corrected chi connectivity index (χ4v) is 2.41. The number of hydrogen-bond acceptors (Lipinski definition) is 5. The van der Waals surface area contributed by atoms with Crippen LogP contribution >= 0.6 is 23.2 Å². The van der Waals surface area contributed by atoms with Crippen molar-refractivity contribution >= 4 is 52.4 Å². The van der Waals surface area contributed by atoms with Crippen LogP contribution < -0.4 is 10.6 Å². The number of rotatable bonds is 6. The van der Waals surface area contributed by atoms with Gasteiger partial charge in [0.2, 0.25) is 5.91 Å². The number of hydrogen-bond donors (Lipinski definition) is 2. The molecule has 0 saturated heterocycles. The lowest BCUT2D eigenvalue weighted by atomic mass is 10.2. The van der Waals surface area contributed by atoms with Gasteiger partial charge in [0.25, 0.3) is 5.91 Å². The van der Waals surface area contributed by atoms with E-state index < -0.39 is 24.4 Å². The molecule has 0 aliphatic carbocycles. The summed E-state index contributed by atoms with van der Waals surface area (Å²) in [6, 6.07) is 12.1. The van der Waals surface area contributed by atoms with E-state index >= 15 is 0 Å². The molecule has 2 amide bonds. The number of halogens is 2. The van der Waals surface area contributed by atoms with Crippen molar-refractivity contribution in [3.05, 3.63) is 58.1 Å². The van der Waals surface area contributed by atoms with Gasteiger partial charge in [-0.05, 0) is 42.5 Å². The Hall–Kier alpha value is -3.08. The number of nitrogens with one attached hydrogen (secondary N) is 2. The fourth-order valence-electron chi connectivity index (χ4n) is 1.96. The average Bonchev–Trinajstić information content (AvgIpc) is 2.63.